The van der Waals surface area contributed by atoms with Gasteiger partial charge in [0.15, 0.2) is 0 Å². The van der Waals surface area contributed by atoms with Crippen molar-refractivity contribution in [3.8, 4) is 0 Å². The zero-order chi connectivity index (χ0) is 16.4. The molecule has 1 aliphatic heterocycles. The van der Waals surface area contributed by atoms with E-state index in [9.17, 15) is 9.59 Å². The van der Waals surface area contributed by atoms with Crippen molar-refractivity contribution < 1.29 is 9.59 Å². The number of likely N-dealkylation sites (tertiary alicyclic amines) is 1. The van der Waals surface area contributed by atoms with Crippen LogP contribution in [0.5, 0.6) is 0 Å². The second kappa shape index (κ2) is 6.73. The second-order valence-corrected chi connectivity index (χ2v) is 6.98. The molecule has 1 aliphatic carbocycles. The summed E-state index contributed by atoms with van der Waals surface area (Å²) >= 11 is 0. The first kappa shape index (κ1) is 16.0. The standard InChI is InChI=1S/C19H26N2O2/c1-13-7-6-10-17(14(13)2)20-19(23)15-11-18(22)21(12-15)16-8-4-3-5-9-16/h6-7,10,15-16H,3-5,8-9,11-12H2,1-2H3,(H,20,23)/t15-/m0/s1. The van der Waals surface area contributed by atoms with Gasteiger partial charge < -0.3 is 10.2 Å². The molecule has 2 amide bonds. The zero-order valence-corrected chi connectivity index (χ0v) is 14.1. The highest BCUT2D eigenvalue weighted by Crippen LogP contribution is 2.29. The maximum Gasteiger partial charge on any atom is 0.229 e. The van der Waals surface area contributed by atoms with E-state index in [1.54, 1.807) is 0 Å². The summed E-state index contributed by atoms with van der Waals surface area (Å²) < 4.78 is 0. The Kier molecular flexibility index (Phi) is 4.69. The maximum atomic E-state index is 12.6. The molecule has 1 N–H and O–H groups in total. The molecule has 2 aliphatic rings. The lowest BCUT2D eigenvalue weighted by molar-refractivity contribution is -0.130. The van der Waals surface area contributed by atoms with Crippen molar-refractivity contribution >= 4 is 17.5 Å². The summed E-state index contributed by atoms with van der Waals surface area (Å²) in [4.78, 5) is 26.8. The lowest BCUT2D eigenvalue weighted by Crippen LogP contribution is -2.38. The minimum atomic E-state index is -0.218. The van der Waals surface area contributed by atoms with Crippen molar-refractivity contribution in [1.29, 1.82) is 0 Å². The normalized spacial score (nSPS) is 22.4. The Bertz CT molecular complexity index is 605. The Hall–Kier alpha value is -1.84. The van der Waals surface area contributed by atoms with E-state index in [0.717, 1.165) is 29.7 Å². The largest absolute Gasteiger partial charge is 0.339 e. The molecule has 1 saturated carbocycles. The molecule has 3 rings (SSSR count). The van der Waals surface area contributed by atoms with Gasteiger partial charge in [0.25, 0.3) is 0 Å². The van der Waals surface area contributed by atoms with Crippen molar-refractivity contribution in [1.82, 2.24) is 4.90 Å². The number of carbonyl (C=O) groups is 2. The molecule has 0 radical (unpaired) electrons. The van der Waals surface area contributed by atoms with Crippen LogP contribution in [0.2, 0.25) is 0 Å². The monoisotopic (exact) mass is 314 g/mol. The van der Waals surface area contributed by atoms with Crippen LogP contribution in [0.15, 0.2) is 18.2 Å². The minimum Gasteiger partial charge on any atom is -0.339 e. The summed E-state index contributed by atoms with van der Waals surface area (Å²) in [6.45, 7) is 4.63. The van der Waals surface area contributed by atoms with E-state index in [1.165, 1.54) is 19.3 Å². The number of amides is 2. The molecular weight excluding hydrogens is 288 g/mol. The predicted molar refractivity (Wildman–Crippen MR) is 91.2 cm³/mol. The summed E-state index contributed by atoms with van der Waals surface area (Å²) in [5, 5.41) is 3.02. The van der Waals surface area contributed by atoms with Gasteiger partial charge in [0.2, 0.25) is 11.8 Å². The van der Waals surface area contributed by atoms with Gasteiger partial charge >= 0.3 is 0 Å². The average Bonchev–Trinajstić information content (AvgIpc) is 2.95. The molecule has 1 aromatic rings. The molecule has 23 heavy (non-hydrogen) atoms. The SMILES string of the molecule is Cc1cccc(NC(=O)[C@H]2CC(=O)N(C3CCCCC3)C2)c1C. The lowest BCUT2D eigenvalue weighted by atomic mass is 9.94. The van der Waals surface area contributed by atoms with Crippen molar-refractivity contribution in [2.45, 2.75) is 58.4 Å². The van der Waals surface area contributed by atoms with E-state index < -0.39 is 0 Å². The third-order valence-electron chi connectivity index (χ3n) is 5.41. The molecular formula is C19H26N2O2. The highest BCUT2D eigenvalue weighted by Gasteiger charge is 2.38. The van der Waals surface area contributed by atoms with Gasteiger partial charge in [-0.2, -0.15) is 0 Å². The number of anilines is 1. The minimum absolute atomic E-state index is 0.0228. The van der Waals surface area contributed by atoms with Crippen molar-refractivity contribution in [2.75, 3.05) is 11.9 Å². The number of hydrogen-bond donors (Lipinski definition) is 1. The molecule has 124 valence electrons. The van der Waals surface area contributed by atoms with E-state index in [0.29, 0.717) is 19.0 Å². The number of aryl methyl sites for hydroxylation is 1. The van der Waals surface area contributed by atoms with Gasteiger partial charge in [-0.3, -0.25) is 9.59 Å². The van der Waals surface area contributed by atoms with Gasteiger partial charge in [0.1, 0.15) is 0 Å². The fourth-order valence-corrected chi connectivity index (χ4v) is 3.77. The molecule has 0 aromatic heterocycles. The molecule has 4 heteroatoms. The van der Waals surface area contributed by atoms with Crippen LogP contribution >= 0.6 is 0 Å². The van der Waals surface area contributed by atoms with Gasteiger partial charge in [0.05, 0.1) is 5.92 Å². The van der Waals surface area contributed by atoms with Gasteiger partial charge in [-0.05, 0) is 43.9 Å². The number of carbonyl (C=O) groups excluding carboxylic acids is 2. The molecule has 0 unspecified atom stereocenters. The Morgan fingerprint density at radius 1 is 1.17 bits per heavy atom. The molecule has 1 atom stereocenters. The van der Waals surface area contributed by atoms with E-state index in [4.69, 9.17) is 0 Å². The number of hydrogen-bond acceptors (Lipinski definition) is 2. The van der Waals surface area contributed by atoms with Crippen molar-refractivity contribution in [2.24, 2.45) is 5.92 Å². The number of benzene rings is 1. The van der Waals surface area contributed by atoms with Gasteiger partial charge in [0, 0.05) is 24.7 Å². The molecule has 0 spiro atoms. The molecule has 0 bridgehead atoms. The first-order chi connectivity index (χ1) is 11.1. The Morgan fingerprint density at radius 2 is 1.91 bits per heavy atom. The first-order valence-corrected chi connectivity index (χ1v) is 8.73. The van der Waals surface area contributed by atoms with Crippen LogP contribution in [0, 0.1) is 19.8 Å². The maximum absolute atomic E-state index is 12.6. The van der Waals surface area contributed by atoms with E-state index in [-0.39, 0.29) is 17.7 Å². The third-order valence-corrected chi connectivity index (χ3v) is 5.41. The number of nitrogens with one attached hydrogen (secondary N) is 1. The van der Waals surface area contributed by atoms with Crippen LogP contribution in [0.3, 0.4) is 0 Å². The summed E-state index contributed by atoms with van der Waals surface area (Å²) in [6, 6.07) is 6.27. The van der Waals surface area contributed by atoms with Crippen LogP contribution < -0.4 is 5.32 Å². The van der Waals surface area contributed by atoms with Gasteiger partial charge in [-0.1, -0.05) is 31.4 Å². The number of nitrogens with zero attached hydrogens (tertiary/aromatic N) is 1. The molecule has 2 fully saturated rings. The fourth-order valence-electron chi connectivity index (χ4n) is 3.77. The third kappa shape index (κ3) is 3.41. The van der Waals surface area contributed by atoms with Gasteiger partial charge in [-0.25, -0.2) is 0 Å². The molecule has 1 aromatic carbocycles. The quantitative estimate of drug-likeness (QED) is 0.929. The van der Waals surface area contributed by atoms with Crippen LogP contribution in [0.25, 0.3) is 0 Å². The Labute approximate surface area is 138 Å². The van der Waals surface area contributed by atoms with Crippen molar-refractivity contribution in [3.63, 3.8) is 0 Å². The summed E-state index contributed by atoms with van der Waals surface area (Å²) in [7, 11) is 0. The van der Waals surface area contributed by atoms with Crippen molar-refractivity contribution in [3.05, 3.63) is 29.3 Å². The zero-order valence-electron chi connectivity index (χ0n) is 14.1. The highest BCUT2D eigenvalue weighted by molar-refractivity contribution is 5.97. The Balaban J connectivity index is 1.64. The summed E-state index contributed by atoms with van der Waals surface area (Å²) in [5.41, 5.74) is 3.11. The average molecular weight is 314 g/mol. The fraction of sp³-hybridized carbons (Fsp3) is 0.579. The van der Waals surface area contributed by atoms with Crippen LogP contribution in [0.4, 0.5) is 5.69 Å². The van der Waals surface area contributed by atoms with E-state index >= 15 is 0 Å². The first-order valence-electron chi connectivity index (χ1n) is 8.73. The van der Waals surface area contributed by atoms with E-state index in [2.05, 4.69) is 5.32 Å². The van der Waals surface area contributed by atoms with Crippen LogP contribution in [0.1, 0.15) is 49.7 Å². The smallest absolute Gasteiger partial charge is 0.229 e. The van der Waals surface area contributed by atoms with Gasteiger partial charge in [-0.15, -0.1) is 0 Å². The summed E-state index contributed by atoms with van der Waals surface area (Å²) in [5.74, 6) is -0.0901. The molecule has 1 saturated heterocycles. The van der Waals surface area contributed by atoms with E-state index in [1.807, 2.05) is 36.9 Å². The Morgan fingerprint density at radius 3 is 2.65 bits per heavy atom. The number of rotatable bonds is 3. The van der Waals surface area contributed by atoms with Crippen LogP contribution in [-0.2, 0) is 9.59 Å². The lowest BCUT2D eigenvalue weighted by Gasteiger charge is -2.31. The topological polar surface area (TPSA) is 49.4 Å². The molecule has 4 nitrogen and oxygen atoms in total. The second-order valence-electron chi connectivity index (χ2n) is 6.98. The van der Waals surface area contributed by atoms with Crippen LogP contribution in [-0.4, -0.2) is 29.3 Å². The summed E-state index contributed by atoms with van der Waals surface area (Å²) in [6.07, 6.45) is 6.22. The predicted octanol–water partition coefficient (Wildman–Crippen LogP) is 3.42. The highest BCUT2D eigenvalue weighted by atomic mass is 16.2. The molecule has 1 heterocycles.